The molecule has 0 aliphatic carbocycles. The van der Waals surface area contributed by atoms with Gasteiger partial charge in [-0.3, -0.25) is 0 Å². The lowest BCUT2D eigenvalue weighted by Gasteiger charge is -2.09. The van der Waals surface area contributed by atoms with E-state index in [1.165, 1.54) is 25.7 Å². The number of ether oxygens (including phenoxy) is 4. The van der Waals surface area contributed by atoms with E-state index < -0.39 is 0 Å². The van der Waals surface area contributed by atoms with Gasteiger partial charge in [0.1, 0.15) is 34.5 Å². The zero-order valence-electron chi connectivity index (χ0n) is 33.7. The summed E-state index contributed by atoms with van der Waals surface area (Å²) in [6.45, 7) is 9.79. The molecule has 0 atom stereocenters. The summed E-state index contributed by atoms with van der Waals surface area (Å²) in [4.78, 5) is 0. The minimum absolute atomic E-state index is 0.697. The van der Waals surface area contributed by atoms with Gasteiger partial charge in [-0.15, -0.1) is 0 Å². The first kappa shape index (κ1) is 41.0. The van der Waals surface area contributed by atoms with Crippen LogP contribution in [0.2, 0.25) is 0 Å². The van der Waals surface area contributed by atoms with Gasteiger partial charge in [0.2, 0.25) is 0 Å². The molecule has 0 N–H and O–H groups in total. The number of nitrogens with zero attached hydrogens (tertiary/aromatic N) is 6. The Morgan fingerprint density at radius 3 is 0.983 bits per heavy atom. The Morgan fingerprint density at radius 2 is 0.655 bits per heavy atom. The standard InChI is InChI=1S/C48H50N6O4/c1-5-7-9-31-55-41-19-23-43(24-20-41)57-45-27-29-47(35(3)33-45)53-51-39-15-11-37(12-16-39)49-50-38-13-17-40(18-14-38)52-54-48-30-28-46(34-36(48)4)58-44-25-21-42(22-26-44)56-32-10-8-6-2/h11-30,33-34H,5-10,31-32H2,1-4H3/b50-49+,53-51?,54-52?. The predicted octanol–water partition coefficient (Wildman–Crippen LogP) is 16.3. The number of rotatable bonds is 20. The van der Waals surface area contributed by atoms with Crippen molar-refractivity contribution in [2.75, 3.05) is 13.2 Å². The van der Waals surface area contributed by atoms with Crippen molar-refractivity contribution >= 4 is 34.1 Å². The van der Waals surface area contributed by atoms with Gasteiger partial charge in [0.15, 0.2) is 0 Å². The van der Waals surface area contributed by atoms with Crippen molar-refractivity contribution < 1.29 is 18.9 Å². The van der Waals surface area contributed by atoms with Crippen LogP contribution < -0.4 is 18.9 Å². The molecule has 0 unspecified atom stereocenters. The topological polar surface area (TPSA) is 111 Å². The van der Waals surface area contributed by atoms with Crippen LogP contribution in [0.1, 0.15) is 63.5 Å². The van der Waals surface area contributed by atoms with Crippen LogP contribution in [-0.2, 0) is 0 Å². The molecule has 0 saturated carbocycles. The molecule has 0 aromatic heterocycles. The Morgan fingerprint density at radius 1 is 0.345 bits per heavy atom. The van der Waals surface area contributed by atoms with Crippen LogP contribution in [0, 0.1) is 13.8 Å². The largest absolute Gasteiger partial charge is 0.494 e. The average molecular weight is 775 g/mol. The molecular formula is C48H50N6O4. The van der Waals surface area contributed by atoms with Crippen LogP contribution in [-0.4, -0.2) is 13.2 Å². The van der Waals surface area contributed by atoms with E-state index in [2.05, 4.69) is 44.5 Å². The first-order valence-electron chi connectivity index (χ1n) is 19.9. The van der Waals surface area contributed by atoms with Crippen molar-refractivity contribution in [1.29, 1.82) is 0 Å². The summed E-state index contributed by atoms with van der Waals surface area (Å²) >= 11 is 0. The van der Waals surface area contributed by atoms with E-state index in [0.29, 0.717) is 22.7 Å². The van der Waals surface area contributed by atoms with Crippen LogP contribution in [0.5, 0.6) is 34.5 Å². The van der Waals surface area contributed by atoms with E-state index in [-0.39, 0.29) is 0 Å². The van der Waals surface area contributed by atoms with Crippen molar-refractivity contribution in [3.63, 3.8) is 0 Å². The summed E-state index contributed by atoms with van der Waals surface area (Å²) in [6, 6.07) is 41.7. The molecule has 10 heteroatoms. The highest BCUT2D eigenvalue weighted by molar-refractivity contribution is 5.53. The van der Waals surface area contributed by atoms with Crippen LogP contribution in [0.25, 0.3) is 0 Å². The Kier molecular flexibility index (Phi) is 15.2. The van der Waals surface area contributed by atoms with Crippen LogP contribution >= 0.6 is 0 Å². The van der Waals surface area contributed by atoms with E-state index in [1.807, 2.05) is 147 Å². The van der Waals surface area contributed by atoms with Gasteiger partial charge >= 0.3 is 0 Å². The van der Waals surface area contributed by atoms with Gasteiger partial charge in [-0.1, -0.05) is 39.5 Å². The maximum atomic E-state index is 6.05. The van der Waals surface area contributed by atoms with Crippen LogP contribution in [0.4, 0.5) is 34.1 Å². The Balaban J connectivity index is 0.957. The number of benzene rings is 6. The van der Waals surface area contributed by atoms with E-state index in [0.717, 1.165) is 83.1 Å². The van der Waals surface area contributed by atoms with Crippen molar-refractivity contribution in [1.82, 2.24) is 0 Å². The van der Waals surface area contributed by atoms with Gasteiger partial charge in [-0.05, 0) is 171 Å². The molecule has 0 bridgehead atoms. The zero-order valence-corrected chi connectivity index (χ0v) is 33.7. The lowest BCUT2D eigenvalue weighted by atomic mass is 10.2. The minimum Gasteiger partial charge on any atom is -0.494 e. The number of unbranched alkanes of at least 4 members (excludes halogenated alkanes) is 4. The maximum Gasteiger partial charge on any atom is 0.127 e. The third kappa shape index (κ3) is 12.9. The summed E-state index contributed by atoms with van der Waals surface area (Å²) in [5.74, 6) is 4.64. The second kappa shape index (κ2) is 21.6. The molecule has 0 aliphatic heterocycles. The average Bonchev–Trinajstić information content (AvgIpc) is 3.24. The first-order chi connectivity index (χ1) is 28.4. The summed E-state index contributed by atoms with van der Waals surface area (Å²) in [7, 11) is 0. The fourth-order valence-corrected chi connectivity index (χ4v) is 5.68. The fraction of sp³-hybridized carbons (Fsp3) is 0.250. The predicted molar refractivity (Wildman–Crippen MR) is 231 cm³/mol. The normalized spacial score (nSPS) is 11.4. The maximum absolute atomic E-state index is 6.05. The van der Waals surface area contributed by atoms with Crippen LogP contribution in [0.15, 0.2) is 164 Å². The lowest BCUT2D eigenvalue weighted by molar-refractivity contribution is 0.305. The van der Waals surface area contributed by atoms with Gasteiger partial charge in [0, 0.05) is 0 Å². The van der Waals surface area contributed by atoms with E-state index >= 15 is 0 Å². The molecule has 296 valence electrons. The fourth-order valence-electron chi connectivity index (χ4n) is 5.68. The number of hydrogen-bond acceptors (Lipinski definition) is 10. The number of hydrogen-bond donors (Lipinski definition) is 0. The molecule has 6 aromatic carbocycles. The third-order valence-electron chi connectivity index (χ3n) is 9.02. The van der Waals surface area contributed by atoms with E-state index in [4.69, 9.17) is 18.9 Å². The molecule has 58 heavy (non-hydrogen) atoms. The SMILES string of the molecule is CCCCCOc1ccc(Oc2ccc(N=Nc3ccc(/N=N/c4ccc(N=Nc5ccc(Oc6ccc(OCCCCC)cc6)cc5C)cc4)cc3)c(C)c2)cc1. The summed E-state index contributed by atoms with van der Waals surface area (Å²) in [5.41, 5.74) is 6.22. The van der Waals surface area contributed by atoms with Gasteiger partial charge in [0.05, 0.1) is 47.3 Å². The van der Waals surface area contributed by atoms with Gasteiger partial charge in [-0.25, -0.2) is 0 Å². The molecule has 10 nitrogen and oxygen atoms in total. The number of azo groups is 3. The first-order valence-corrected chi connectivity index (χ1v) is 19.9. The highest BCUT2D eigenvalue weighted by atomic mass is 16.5. The summed E-state index contributed by atoms with van der Waals surface area (Å²) in [6.07, 6.45) is 6.82. The highest BCUT2D eigenvalue weighted by Crippen LogP contribution is 2.32. The summed E-state index contributed by atoms with van der Waals surface area (Å²) in [5, 5.41) is 26.5. The Labute approximate surface area is 341 Å². The molecule has 0 amide bonds. The third-order valence-corrected chi connectivity index (χ3v) is 9.02. The molecule has 0 spiro atoms. The molecule has 0 saturated heterocycles. The van der Waals surface area contributed by atoms with Gasteiger partial charge in [0.25, 0.3) is 0 Å². The smallest absolute Gasteiger partial charge is 0.127 e. The van der Waals surface area contributed by atoms with Crippen molar-refractivity contribution in [3.05, 3.63) is 145 Å². The van der Waals surface area contributed by atoms with E-state index in [1.54, 1.807) is 0 Å². The highest BCUT2D eigenvalue weighted by Gasteiger charge is 2.06. The molecule has 0 aliphatic rings. The second-order valence-corrected chi connectivity index (χ2v) is 13.8. The van der Waals surface area contributed by atoms with Gasteiger partial charge in [-0.2, -0.15) is 30.7 Å². The van der Waals surface area contributed by atoms with Gasteiger partial charge < -0.3 is 18.9 Å². The summed E-state index contributed by atoms with van der Waals surface area (Å²) < 4.78 is 23.7. The van der Waals surface area contributed by atoms with E-state index in [9.17, 15) is 0 Å². The molecule has 6 rings (SSSR count). The Bertz CT molecular complexity index is 2110. The zero-order chi connectivity index (χ0) is 40.4. The molecule has 0 fully saturated rings. The quantitative estimate of drug-likeness (QED) is 0.0568. The monoisotopic (exact) mass is 774 g/mol. The molecule has 0 heterocycles. The molecule has 6 aromatic rings. The van der Waals surface area contributed by atoms with Crippen LogP contribution in [0.3, 0.4) is 0 Å². The lowest BCUT2D eigenvalue weighted by Crippen LogP contribution is -1.96. The second-order valence-electron chi connectivity index (χ2n) is 13.8. The minimum atomic E-state index is 0.697. The van der Waals surface area contributed by atoms with Crippen molar-refractivity contribution in [3.8, 4) is 34.5 Å². The molecule has 0 radical (unpaired) electrons. The van der Waals surface area contributed by atoms with Crippen molar-refractivity contribution in [2.45, 2.75) is 66.2 Å². The molecular weight excluding hydrogens is 725 g/mol. The van der Waals surface area contributed by atoms with Crippen molar-refractivity contribution in [2.24, 2.45) is 30.7 Å². The Hall–Kier alpha value is -6.68. The number of aryl methyl sites for hydroxylation is 2.